The van der Waals surface area contributed by atoms with Crippen molar-refractivity contribution >= 4 is 11.6 Å². The second-order valence-electron chi connectivity index (χ2n) is 7.34. The van der Waals surface area contributed by atoms with Gasteiger partial charge in [0.25, 0.3) is 0 Å². The maximum Gasteiger partial charge on any atom is 0.228 e. The Bertz CT molecular complexity index is 619. The summed E-state index contributed by atoms with van der Waals surface area (Å²) in [5.41, 5.74) is 3.30. The second kappa shape index (κ2) is 7.83. The van der Waals surface area contributed by atoms with Crippen LogP contribution < -0.4 is 5.32 Å². The van der Waals surface area contributed by atoms with Crippen LogP contribution in [0.15, 0.2) is 42.5 Å². The lowest BCUT2D eigenvalue weighted by Crippen LogP contribution is -2.16. The summed E-state index contributed by atoms with van der Waals surface area (Å²) in [6.07, 6.45) is 16.0. The molecule has 1 fully saturated rings. The Morgan fingerprint density at radius 2 is 1.50 bits per heavy atom. The van der Waals surface area contributed by atoms with Gasteiger partial charge in [-0.3, -0.25) is 4.79 Å². The third-order valence-corrected chi connectivity index (χ3v) is 5.45. The average molecular weight is 323 g/mol. The molecule has 1 saturated carbocycles. The molecule has 3 rings (SSSR count). The van der Waals surface area contributed by atoms with Crippen LogP contribution in [0.5, 0.6) is 0 Å². The van der Waals surface area contributed by atoms with E-state index in [1.54, 1.807) is 0 Å². The maximum atomic E-state index is 12.8. The Hall–Kier alpha value is -1.83. The molecule has 128 valence electrons. The lowest BCUT2D eigenvalue weighted by molar-refractivity contribution is -0.117. The van der Waals surface area contributed by atoms with Crippen LogP contribution in [0, 0.1) is 31.6 Å². The van der Waals surface area contributed by atoms with Gasteiger partial charge in [0.15, 0.2) is 0 Å². The molecule has 2 aliphatic rings. The average Bonchev–Trinajstić information content (AvgIpc) is 3.23. The quantitative estimate of drug-likeness (QED) is 0.708. The van der Waals surface area contributed by atoms with E-state index in [0.29, 0.717) is 11.8 Å². The number of benzene rings is 1. The summed E-state index contributed by atoms with van der Waals surface area (Å²) in [5.74, 6) is 1.55. The van der Waals surface area contributed by atoms with Crippen molar-refractivity contribution in [3.63, 3.8) is 0 Å². The van der Waals surface area contributed by atoms with Crippen LogP contribution in [0.2, 0.25) is 0 Å². The van der Waals surface area contributed by atoms with Crippen molar-refractivity contribution in [2.24, 2.45) is 17.8 Å². The normalized spacial score (nSPS) is 29.5. The van der Waals surface area contributed by atoms with Gasteiger partial charge in [0.2, 0.25) is 5.91 Å². The van der Waals surface area contributed by atoms with Gasteiger partial charge in [0.1, 0.15) is 0 Å². The molecule has 0 spiro atoms. The lowest BCUT2D eigenvalue weighted by atomic mass is 10.1. The molecular weight excluding hydrogens is 294 g/mol. The number of anilines is 1. The summed E-state index contributed by atoms with van der Waals surface area (Å²) < 4.78 is 0. The second-order valence-corrected chi connectivity index (χ2v) is 7.34. The number of carbonyl (C=O) groups excluding carboxylic acids is 1. The molecule has 0 bridgehead atoms. The predicted octanol–water partition coefficient (Wildman–Crippen LogP) is 5.57. The molecule has 0 aromatic heterocycles. The number of nitrogens with one attached hydrogen (secondary N) is 1. The van der Waals surface area contributed by atoms with Crippen LogP contribution in [-0.2, 0) is 4.79 Å². The van der Waals surface area contributed by atoms with Gasteiger partial charge in [0.05, 0.1) is 0 Å². The zero-order chi connectivity index (χ0) is 16.9. The van der Waals surface area contributed by atoms with Crippen LogP contribution in [0.1, 0.15) is 49.7 Å². The summed E-state index contributed by atoms with van der Waals surface area (Å²) in [6.45, 7) is 4.12. The van der Waals surface area contributed by atoms with Crippen molar-refractivity contribution in [3.8, 4) is 0 Å². The molecule has 1 aromatic rings. The Balaban J connectivity index is 1.65. The highest BCUT2D eigenvalue weighted by atomic mass is 16.2. The monoisotopic (exact) mass is 323 g/mol. The van der Waals surface area contributed by atoms with Crippen LogP contribution in [0.4, 0.5) is 5.69 Å². The lowest BCUT2D eigenvalue weighted by Gasteiger charge is -2.09. The first-order valence-corrected chi connectivity index (χ1v) is 9.35. The number of carbonyl (C=O) groups is 1. The van der Waals surface area contributed by atoms with E-state index in [-0.39, 0.29) is 11.8 Å². The van der Waals surface area contributed by atoms with Gasteiger partial charge in [-0.2, -0.15) is 0 Å². The largest absolute Gasteiger partial charge is 0.326 e. The summed E-state index contributed by atoms with van der Waals surface area (Å²) in [6, 6.07) is 6.25. The van der Waals surface area contributed by atoms with E-state index in [4.69, 9.17) is 0 Å². The zero-order valence-corrected chi connectivity index (χ0v) is 14.9. The highest BCUT2D eigenvalue weighted by Crippen LogP contribution is 2.52. The number of hydrogen-bond donors (Lipinski definition) is 1. The van der Waals surface area contributed by atoms with Gasteiger partial charge in [-0.15, -0.1) is 0 Å². The first kappa shape index (κ1) is 17.0. The van der Waals surface area contributed by atoms with Gasteiger partial charge < -0.3 is 5.32 Å². The summed E-state index contributed by atoms with van der Waals surface area (Å²) in [4.78, 5) is 12.8. The molecule has 1 aromatic carbocycles. The Labute approximate surface area is 146 Å². The summed E-state index contributed by atoms with van der Waals surface area (Å²) >= 11 is 0. The highest BCUT2D eigenvalue weighted by molar-refractivity contribution is 5.95. The van der Waals surface area contributed by atoms with Gasteiger partial charge >= 0.3 is 0 Å². The third kappa shape index (κ3) is 4.17. The van der Waals surface area contributed by atoms with Gasteiger partial charge in [-0.05, 0) is 81.4 Å². The Morgan fingerprint density at radius 3 is 2.12 bits per heavy atom. The highest BCUT2D eigenvalue weighted by Gasteiger charge is 2.52. The van der Waals surface area contributed by atoms with E-state index < -0.39 is 0 Å². The maximum absolute atomic E-state index is 12.8. The van der Waals surface area contributed by atoms with E-state index >= 15 is 0 Å². The molecule has 0 unspecified atom stereocenters. The molecule has 2 aliphatic carbocycles. The minimum atomic E-state index is 0.201. The molecule has 0 radical (unpaired) electrons. The number of allylic oxidation sites excluding steroid dienone is 4. The minimum absolute atomic E-state index is 0.201. The minimum Gasteiger partial charge on any atom is -0.326 e. The number of amides is 1. The molecule has 1 amide bonds. The first-order valence-electron chi connectivity index (χ1n) is 9.35. The molecule has 0 saturated heterocycles. The topological polar surface area (TPSA) is 29.1 Å². The molecule has 0 heterocycles. The molecule has 0 aliphatic heterocycles. The molecule has 1 N–H and O–H groups in total. The van der Waals surface area contributed by atoms with E-state index in [9.17, 15) is 4.79 Å². The van der Waals surface area contributed by atoms with Crippen molar-refractivity contribution in [2.45, 2.75) is 52.4 Å². The number of hydrogen-bond acceptors (Lipinski definition) is 1. The SMILES string of the molecule is Cc1ccc(C)c(NC(=O)C2[C@@H]3CC/C=C\CC/C=C\CC[C@@H]23)c1. The summed E-state index contributed by atoms with van der Waals surface area (Å²) in [5, 5.41) is 3.19. The van der Waals surface area contributed by atoms with Crippen LogP contribution in [0.3, 0.4) is 0 Å². The zero-order valence-electron chi connectivity index (χ0n) is 14.9. The first-order chi connectivity index (χ1) is 11.7. The van der Waals surface area contributed by atoms with Gasteiger partial charge in [-0.25, -0.2) is 0 Å². The van der Waals surface area contributed by atoms with Crippen molar-refractivity contribution in [2.75, 3.05) is 5.32 Å². The fourth-order valence-electron chi connectivity index (χ4n) is 3.95. The van der Waals surface area contributed by atoms with Crippen molar-refractivity contribution in [1.29, 1.82) is 0 Å². The number of aryl methyl sites for hydroxylation is 2. The van der Waals surface area contributed by atoms with Gasteiger partial charge in [0, 0.05) is 11.6 Å². The van der Waals surface area contributed by atoms with Crippen LogP contribution >= 0.6 is 0 Å². The Kier molecular flexibility index (Phi) is 5.55. The number of rotatable bonds is 2. The molecular formula is C22H29NO. The molecule has 2 heteroatoms. The fourth-order valence-corrected chi connectivity index (χ4v) is 3.95. The number of fused-ring (bicyclic) bond motifs is 1. The van der Waals surface area contributed by atoms with E-state index in [0.717, 1.165) is 49.8 Å². The standard InChI is InChI=1S/C22H29NO/c1-16-13-14-17(2)20(15-16)23-22(24)21-18-11-9-7-5-3-4-6-8-10-12-19(18)21/h5-8,13-15,18-19,21H,3-4,9-12H2,1-2H3,(H,23,24)/b7-5-,8-6-/t18-,19-/m1/s1. The molecule has 24 heavy (non-hydrogen) atoms. The van der Waals surface area contributed by atoms with E-state index in [1.807, 2.05) is 0 Å². The molecule has 2 nitrogen and oxygen atoms in total. The Morgan fingerprint density at radius 1 is 0.917 bits per heavy atom. The van der Waals surface area contributed by atoms with Crippen molar-refractivity contribution in [3.05, 3.63) is 53.6 Å². The van der Waals surface area contributed by atoms with Gasteiger partial charge in [-0.1, -0.05) is 36.4 Å². The predicted molar refractivity (Wildman–Crippen MR) is 101 cm³/mol. The fraction of sp³-hybridized carbons (Fsp3) is 0.500. The summed E-state index contributed by atoms with van der Waals surface area (Å²) in [7, 11) is 0. The third-order valence-electron chi connectivity index (χ3n) is 5.45. The van der Waals surface area contributed by atoms with Crippen LogP contribution in [-0.4, -0.2) is 5.91 Å². The molecule has 2 atom stereocenters. The van der Waals surface area contributed by atoms with Crippen molar-refractivity contribution < 1.29 is 4.79 Å². The van der Waals surface area contributed by atoms with E-state index in [1.165, 1.54) is 5.56 Å². The van der Waals surface area contributed by atoms with Crippen molar-refractivity contribution in [1.82, 2.24) is 0 Å². The van der Waals surface area contributed by atoms with Crippen LogP contribution in [0.25, 0.3) is 0 Å². The smallest absolute Gasteiger partial charge is 0.228 e. The van der Waals surface area contributed by atoms with E-state index in [2.05, 4.69) is 61.7 Å².